The summed E-state index contributed by atoms with van der Waals surface area (Å²) in [5.74, 6) is 0.195. The molecule has 1 amide bonds. The SMILES string of the molecule is O=C(NCc1ccccc1)C1CCC(c2ccccc2)N(Cc2ccccc2)C1. The number of nitrogens with one attached hydrogen (secondary N) is 1. The lowest BCUT2D eigenvalue weighted by Gasteiger charge is -2.39. The Balaban J connectivity index is 1.45. The maximum atomic E-state index is 12.9. The van der Waals surface area contributed by atoms with Crippen molar-refractivity contribution in [3.8, 4) is 0 Å². The average Bonchev–Trinajstić information content (AvgIpc) is 2.79. The van der Waals surface area contributed by atoms with Gasteiger partial charge in [0, 0.05) is 25.7 Å². The molecule has 0 saturated carbocycles. The Kier molecular flexibility index (Phi) is 6.38. The summed E-state index contributed by atoms with van der Waals surface area (Å²) in [6.07, 6.45) is 1.92. The van der Waals surface area contributed by atoms with Crippen LogP contribution in [0.25, 0.3) is 0 Å². The van der Waals surface area contributed by atoms with E-state index in [9.17, 15) is 4.79 Å². The van der Waals surface area contributed by atoms with E-state index in [4.69, 9.17) is 0 Å². The summed E-state index contributed by atoms with van der Waals surface area (Å²) < 4.78 is 0. The predicted molar refractivity (Wildman–Crippen MR) is 117 cm³/mol. The van der Waals surface area contributed by atoms with E-state index in [0.717, 1.165) is 31.5 Å². The molecule has 1 heterocycles. The zero-order valence-corrected chi connectivity index (χ0v) is 16.7. The summed E-state index contributed by atoms with van der Waals surface area (Å²) in [7, 11) is 0. The number of likely N-dealkylation sites (tertiary alicyclic amines) is 1. The van der Waals surface area contributed by atoms with Gasteiger partial charge in [-0.05, 0) is 29.5 Å². The lowest BCUT2D eigenvalue weighted by atomic mass is 9.88. The van der Waals surface area contributed by atoms with Gasteiger partial charge in [0.2, 0.25) is 5.91 Å². The number of piperidine rings is 1. The first-order valence-electron chi connectivity index (χ1n) is 10.4. The van der Waals surface area contributed by atoms with Crippen molar-refractivity contribution >= 4 is 5.91 Å². The first kappa shape index (κ1) is 19.4. The first-order valence-corrected chi connectivity index (χ1v) is 10.4. The standard InChI is InChI=1S/C26H28N2O/c29-26(27-18-21-10-4-1-5-11-21)24-16-17-25(23-14-8-3-9-15-23)28(20-24)19-22-12-6-2-7-13-22/h1-15,24-25H,16-20H2,(H,27,29). The van der Waals surface area contributed by atoms with Crippen LogP contribution in [0, 0.1) is 5.92 Å². The molecule has 0 bridgehead atoms. The van der Waals surface area contributed by atoms with Gasteiger partial charge < -0.3 is 5.32 Å². The fourth-order valence-corrected chi connectivity index (χ4v) is 4.23. The monoisotopic (exact) mass is 384 g/mol. The van der Waals surface area contributed by atoms with Crippen molar-refractivity contribution in [2.24, 2.45) is 5.92 Å². The number of carbonyl (C=O) groups is 1. The number of benzene rings is 3. The number of carbonyl (C=O) groups excluding carboxylic acids is 1. The van der Waals surface area contributed by atoms with E-state index in [1.807, 2.05) is 36.4 Å². The van der Waals surface area contributed by atoms with Gasteiger partial charge in [-0.2, -0.15) is 0 Å². The molecule has 1 fully saturated rings. The van der Waals surface area contributed by atoms with Gasteiger partial charge in [-0.25, -0.2) is 0 Å². The zero-order valence-electron chi connectivity index (χ0n) is 16.7. The molecule has 1 aliphatic heterocycles. The largest absolute Gasteiger partial charge is 0.352 e. The molecule has 0 spiro atoms. The highest BCUT2D eigenvalue weighted by molar-refractivity contribution is 5.79. The van der Waals surface area contributed by atoms with Gasteiger partial charge in [-0.3, -0.25) is 9.69 Å². The smallest absolute Gasteiger partial charge is 0.224 e. The van der Waals surface area contributed by atoms with Gasteiger partial charge in [0.1, 0.15) is 0 Å². The lowest BCUT2D eigenvalue weighted by molar-refractivity contribution is -0.127. The van der Waals surface area contributed by atoms with Crippen molar-refractivity contribution in [3.63, 3.8) is 0 Å². The molecule has 3 aromatic carbocycles. The van der Waals surface area contributed by atoms with E-state index in [-0.39, 0.29) is 11.8 Å². The minimum Gasteiger partial charge on any atom is -0.352 e. The fourth-order valence-electron chi connectivity index (χ4n) is 4.23. The molecular formula is C26H28N2O. The van der Waals surface area contributed by atoms with E-state index in [1.54, 1.807) is 0 Å². The van der Waals surface area contributed by atoms with Crippen LogP contribution in [0.3, 0.4) is 0 Å². The maximum Gasteiger partial charge on any atom is 0.224 e. The molecule has 3 heteroatoms. The van der Waals surface area contributed by atoms with Gasteiger partial charge in [0.15, 0.2) is 0 Å². The second kappa shape index (κ2) is 9.53. The molecule has 4 rings (SSSR count). The third kappa shape index (κ3) is 5.12. The Hall–Kier alpha value is -2.91. The van der Waals surface area contributed by atoms with Crippen LogP contribution in [0.15, 0.2) is 91.0 Å². The third-order valence-corrected chi connectivity index (χ3v) is 5.78. The van der Waals surface area contributed by atoms with Crippen LogP contribution in [0.4, 0.5) is 0 Å². The molecule has 3 aromatic rings. The fraction of sp³-hybridized carbons (Fsp3) is 0.269. The average molecular weight is 385 g/mol. The zero-order chi connectivity index (χ0) is 19.9. The second-order valence-corrected chi connectivity index (χ2v) is 7.82. The highest BCUT2D eigenvalue weighted by atomic mass is 16.1. The van der Waals surface area contributed by atoms with Gasteiger partial charge in [-0.1, -0.05) is 91.0 Å². The molecule has 29 heavy (non-hydrogen) atoms. The Labute approximate surface area is 173 Å². The van der Waals surface area contributed by atoms with Crippen molar-refractivity contribution in [2.45, 2.75) is 32.0 Å². The highest BCUT2D eigenvalue weighted by Crippen LogP contribution is 2.34. The van der Waals surface area contributed by atoms with Crippen LogP contribution in [-0.4, -0.2) is 17.4 Å². The van der Waals surface area contributed by atoms with Crippen molar-refractivity contribution in [2.75, 3.05) is 6.54 Å². The normalized spacial score (nSPS) is 19.6. The van der Waals surface area contributed by atoms with Crippen LogP contribution in [0.1, 0.15) is 35.6 Å². The summed E-state index contributed by atoms with van der Waals surface area (Å²) in [5.41, 5.74) is 3.77. The van der Waals surface area contributed by atoms with E-state index in [1.165, 1.54) is 11.1 Å². The van der Waals surface area contributed by atoms with E-state index in [0.29, 0.717) is 12.6 Å². The molecule has 2 unspecified atom stereocenters. The maximum absolute atomic E-state index is 12.9. The van der Waals surface area contributed by atoms with Crippen LogP contribution >= 0.6 is 0 Å². The topological polar surface area (TPSA) is 32.3 Å². The molecule has 1 N–H and O–H groups in total. The van der Waals surface area contributed by atoms with E-state index >= 15 is 0 Å². The van der Waals surface area contributed by atoms with Crippen LogP contribution in [0.2, 0.25) is 0 Å². The van der Waals surface area contributed by atoms with E-state index in [2.05, 4.69) is 64.8 Å². The van der Waals surface area contributed by atoms with Crippen molar-refractivity contribution in [1.82, 2.24) is 10.2 Å². The summed E-state index contributed by atoms with van der Waals surface area (Å²) >= 11 is 0. The summed E-state index contributed by atoms with van der Waals surface area (Å²) in [5, 5.41) is 3.14. The Morgan fingerprint density at radius 1 is 0.793 bits per heavy atom. The van der Waals surface area contributed by atoms with Crippen molar-refractivity contribution in [3.05, 3.63) is 108 Å². The van der Waals surface area contributed by atoms with Crippen LogP contribution < -0.4 is 5.32 Å². The predicted octanol–water partition coefficient (Wildman–Crippen LogP) is 4.96. The molecule has 0 aromatic heterocycles. The van der Waals surface area contributed by atoms with Gasteiger partial charge in [0.05, 0.1) is 5.92 Å². The number of nitrogens with zero attached hydrogens (tertiary/aromatic N) is 1. The Bertz CT molecular complexity index is 896. The Morgan fingerprint density at radius 3 is 2.03 bits per heavy atom. The molecule has 1 saturated heterocycles. The minimum atomic E-state index is 0.0300. The number of rotatable bonds is 6. The van der Waals surface area contributed by atoms with Gasteiger partial charge in [0.25, 0.3) is 0 Å². The molecule has 1 aliphatic rings. The quantitative estimate of drug-likeness (QED) is 0.652. The second-order valence-electron chi connectivity index (χ2n) is 7.82. The van der Waals surface area contributed by atoms with Crippen molar-refractivity contribution in [1.29, 1.82) is 0 Å². The highest BCUT2D eigenvalue weighted by Gasteiger charge is 2.32. The van der Waals surface area contributed by atoms with Gasteiger partial charge in [-0.15, -0.1) is 0 Å². The van der Waals surface area contributed by atoms with Crippen LogP contribution in [-0.2, 0) is 17.9 Å². The Morgan fingerprint density at radius 2 is 1.38 bits per heavy atom. The summed E-state index contributed by atoms with van der Waals surface area (Å²) in [6, 6.07) is 31.7. The van der Waals surface area contributed by atoms with Crippen molar-refractivity contribution < 1.29 is 4.79 Å². The summed E-state index contributed by atoms with van der Waals surface area (Å²) in [4.78, 5) is 15.3. The first-order chi connectivity index (χ1) is 14.3. The minimum absolute atomic E-state index is 0.0300. The molecule has 0 radical (unpaired) electrons. The van der Waals surface area contributed by atoms with Gasteiger partial charge >= 0.3 is 0 Å². The molecule has 148 valence electrons. The number of amides is 1. The summed E-state index contributed by atoms with van der Waals surface area (Å²) in [6.45, 7) is 2.24. The molecule has 0 aliphatic carbocycles. The number of hydrogen-bond donors (Lipinski definition) is 1. The molecule has 2 atom stereocenters. The lowest BCUT2D eigenvalue weighted by Crippen LogP contribution is -2.44. The molecule has 3 nitrogen and oxygen atoms in total. The van der Waals surface area contributed by atoms with E-state index < -0.39 is 0 Å². The van der Waals surface area contributed by atoms with Crippen LogP contribution in [0.5, 0.6) is 0 Å². The molecular weight excluding hydrogens is 356 g/mol. The third-order valence-electron chi connectivity index (χ3n) is 5.78. The number of hydrogen-bond acceptors (Lipinski definition) is 2.